The highest BCUT2D eigenvalue weighted by atomic mass is 35.5. The summed E-state index contributed by atoms with van der Waals surface area (Å²) in [7, 11) is 0. The Morgan fingerprint density at radius 3 is 2.86 bits per heavy atom. The average Bonchev–Trinajstić information content (AvgIpc) is 2.17. The summed E-state index contributed by atoms with van der Waals surface area (Å²) in [5.74, 6) is -0.412. The first kappa shape index (κ1) is 11.0. The van der Waals surface area contributed by atoms with E-state index in [1.807, 2.05) is 24.3 Å². The maximum absolute atomic E-state index is 11.1. The number of amides is 1. The van der Waals surface area contributed by atoms with Crippen LogP contribution in [0.4, 0.5) is 0 Å². The van der Waals surface area contributed by atoms with Gasteiger partial charge in [-0.05, 0) is 11.1 Å². The van der Waals surface area contributed by atoms with Crippen molar-refractivity contribution < 1.29 is 4.79 Å². The Balaban J connectivity index is 0.000000980. The van der Waals surface area contributed by atoms with E-state index in [1.165, 1.54) is 5.56 Å². The average molecular weight is 213 g/mol. The van der Waals surface area contributed by atoms with Gasteiger partial charge in [-0.3, -0.25) is 4.79 Å². The molecular weight excluding hydrogens is 200 g/mol. The molecule has 1 aromatic carbocycles. The van der Waals surface area contributed by atoms with Crippen LogP contribution in [-0.4, -0.2) is 12.5 Å². The van der Waals surface area contributed by atoms with Crippen molar-refractivity contribution >= 4 is 18.3 Å². The molecule has 3 N–H and O–H groups in total. The van der Waals surface area contributed by atoms with Crippen LogP contribution in [0.3, 0.4) is 0 Å². The number of halogens is 1. The van der Waals surface area contributed by atoms with Crippen molar-refractivity contribution in [2.24, 2.45) is 5.73 Å². The van der Waals surface area contributed by atoms with Gasteiger partial charge < -0.3 is 11.1 Å². The molecule has 1 amide bonds. The molecule has 1 aliphatic rings. The van der Waals surface area contributed by atoms with Crippen LogP contribution in [0.5, 0.6) is 0 Å². The molecular formula is C10H13ClN2O. The van der Waals surface area contributed by atoms with Gasteiger partial charge in [0.05, 0.1) is 5.92 Å². The van der Waals surface area contributed by atoms with Gasteiger partial charge in [0.2, 0.25) is 5.91 Å². The number of nitrogens with one attached hydrogen (secondary N) is 1. The molecule has 2 rings (SSSR count). The van der Waals surface area contributed by atoms with E-state index in [2.05, 4.69) is 5.32 Å². The second-order valence-corrected chi connectivity index (χ2v) is 3.28. The predicted molar refractivity (Wildman–Crippen MR) is 57.3 cm³/mol. The lowest BCUT2D eigenvalue weighted by molar-refractivity contribution is -0.119. The number of carbonyl (C=O) groups is 1. The highest BCUT2D eigenvalue weighted by Crippen LogP contribution is 2.22. The Labute approximate surface area is 89.1 Å². The summed E-state index contributed by atoms with van der Waals surface area (Å²) >= 11 is 0. The van der Waals surface area contributed by atoms with E-state index in [0.29, 0.717) is 6.54 Å². The third-order valence-electron chi connectivity index (χ3n) is 2.44. The summed E-state index contributed by atoms with van der Waals surface area (Å²) in [5.41, 5.74) is 7.56. The van der Waals surface area contributed by atoms with Crippen LogP contribution in [0.1, 0.15) is 17.0 Å². The zero-order valence-electron chi connectivity index (χ0n) is 7.69. The zero-order chi connectivity index (χ0) is 9.26. The number of hydrogen-bond donors (Lipinski definition) is 2. The van der Waals surface area contributed by atoms with Crippen LogP contribution in [0, 0.1) is 0 Å². The molecule has 1 atom stereocenters. The van der Waals surface area contributed by atoms with E-state index >= 15 is 0 Å². The molecule has 76 valence electrons. The Bertz CT molecular complexity index is 341. The number of rotatable bonds is 1. The smallest absolute Gasteiger partial charge is 0.226 e. The van der Waals surface area contributed by atoms with Crippen LogP contribution in [-0.2, 0) is 11.3 Å². The van der Waals surface area contributed by atoms with Crippen LogP contribution in [0.2, 0.25) is 0 Å². The molecule has 1 unspecified atom stereocenters. The van der Waals surface area contributed by atoms with Gasteiger partial charge in [-0.25, -0.2) is 0 Å². The van der Waals surface area contributed by atoms with Gasteiger partial charge in [0.1, 0.15) is 0 Å². The highest BCUT2D eigenvalue weighted by molar-refractivity contribution is 5.85. The number of primary amides is 1. The van der Waals surface area contributed by atoms with Crippen molar-refractivity contribution in [3.63, 3.8) is 0 Å². The molecule has 0 radical (unpaired) electrons. The van der Waals surface area contributed by atoms with Crippen LogP contribution >= 0.6 is 12.4 Å². The predicted octanol–water partition coefficient (Wildman–Crippen LogP) is 0.780. The normalized spacial score (nSPS) is 19.3. The molecule has 3 nitrogen and oxygen atoms in total. The molecule has 0 fully saturated rings. The van der Waals surface area contributed by atoms with Gasteiger partial charge in [-0.15, -0.1) is 12.4 Å². The van der Waals surface area contributed by atoms with Crippen molar-refractivity contribution in [1.82, 2.24) is 5.32 Å². The molecule has 0 saturated carbocycles. The number of nitrogens with two attached hydrogens (primary N) is 1. The minimum Gasteiger partial charge on any atom is -0.369 e. The number of hydrogen-bond acceptors (Lipinski definition) is 2. The van der Waals surface area contributed by atoms with Crippen molar-refractivity contribution in [1.29, 1.82) is 0 Å². The van der Waals surface area contributed by atoms with E-state index in [9.17, 15) is 4.79 Å². The van der Waals surface area contributed by atoms with E-state index in [0.717, 1.165) is 12.1 Å². The number of fused-ring (bicyclic) bond motifs is 1. The molecule has 1 aliphatic heterocycles. The van der Waals surface area contributed by atoms with Gasteiger partial charge >= 0.3 is 0 Å². The third-order valence-corrected chi connectivity index (χ3v) is 2.44. The fraction of sp³-hybridized carbons (Fsp3) is 0.300. The quantitative estimate of drug-likeness (QED) is 0.723. The monoisotopic (exact) mass is 212 g/mol. The summed E-state index contributed by atoms with van der Waals surface area (Å²) < 4.78 is 0. The molecule has 0 spiro atoms. The first-order chi connectivity index (χ1) is 6.29. The van der Waals surface area contributed by atoms with Crippen molar-refractivity contribution in [2.45, 2.75) is 12.5 Å². The minimum absolute atomic E-state index is 0. The second kappa shape index (κ2) is 4.44. The molecule has 14 heavy (non-hydrogen) atoms. The highest BCUT2D eigenvalue weighted by Gasteiger charge is 2.23. The Morgan fingerprint density at radius 1 is 1.43 bits per heavy atom. The fourth-order valence-electron chi connectivity index (χ4n) is 1.75. The first-order valence-corrected chi connectivity index (χ1v) is 4.37. The second-order valence-electron chi connectivity index (χ2n) is 3.28. The standard InChI is InChI=1S/C10H12N2O.ClH/c11-10(13)9-6-12-5-7-3-1-2-4-8(7)9;/h1-4,9,12H,5-6H2,(H2,11,13);1H. The summed E-state index contributed by atoms with van der Waals surface area (Å²) in [6.07, 6.45) is 0. The van der Waals surface area contributed by atoms with E-state index in [1.54, 1.807) is 0 Å². The molecule has 1 aromatic rings. The molecule has 4 heteroatoms. The van der Waals surface area contributed by atoms with Crippen LogP contribution in [0.25, 0.3) is 0 Å². The van der Waals surface area contributed by atoms with Crippen molar-refractivity contribution in [3.8, 4) is 0 Å². The lowest BCUT2D eigenvalue weighted by Gasteiger charge is -2.23. The first-order valence-electron chi connectivity index (χ1n) is 4.37. The van der Waals surface area contributed by atoms with Gasteiger partial charge in [-0.2, -0.15) is 0 Å². The number of carbonyl (C=O) groups excluding carboxylic acids is 1. The molecule has 0 aromatic heterocycles. The molecule has 0 aliphatic carbocycles. The van der Waals surface area contributed by atoms with Gasteiger partial charge in [0, 0.05) is 13.1 Å². The summed E-state index contributed by atoms with van der Waals surface area (Å²) in [6, 6.07) is 7.92. The maximum atomic E-state index is 11.1. The summed E-state index contributed by atoms with van der Waals surface area (Å²) in [6.45, 7) is 1.49. The Kier molecular flexibility index (Phi) is 3.49. The lowest BCUT2D eigenvalue weighted by Crippen LogP contribution is -2.35. The number of benzene rings is 1. The van der Waals surface area contributed by atoms with Crippen LogP contribution in [0.15, 0.2) is 24.3 Å². The topological polar surface area (TPSA) is 55.1 Å². The van der Waals surface area contributed by atoms with Crippen molar-refractivity contribution in [3.05, 3.63) is 35.4 Å². The fourth-order valence-corrected chi connectivity index (χ4v) is 1.75. The molecule has 0 bridgehead atoms. The van der Waals surface area contributed by atoms with Gasteiger partial charge in [0.15, 0.2) is 0 Å². The molecule has 1 heterocycles. The largest absolute Gasteiger partial charge is 0.369 e. The maximum Gasteiger partial charge on any atom is 0.226 e. The van der Waals surface area contributed by atoms with Gasteiger partial charge in [0.25, 0.3) is 0 Å². The Morgan fingerprint density at radius 2 is 2.14 bits per heavy atom. The minimum atomic E-state index is -0.250. The molecule has 0 saturated heterocycles. The van der Waals surface area contributed by atoms with E-state index < -0.39 is 0 Å². The zero-order valence-corrected chi connectivity index (χ0v) is 8.51. The third kappa shape index (κ3) is 1.89. The SMILES string of the molecule is Cl.NC(=O)C1CNCc2ccccc21. The summed E-state index contributed by atoms with van der Waals surface area (Å²) in [5, 5.41) is 3.17. The Hall–Kier alpha value is -1.06. The lowest BCUT2D eigenvalue weighted by atomic mass is 9.90. The van der Waals surface area contributed by atoms with Gasteiger partial charge in [-0.1, -0.05) is 24.3 Å². The van der Waals surface area contributed by atoms with E-state index in [-0.39, 0.29) is 24.2 Å². The summed E-state index contributed by atoms with van der Waals surface area (Å²) in [4.78, 5) is 11.1. The van der Waals surface area contributed by atoms with Crippen molar-refractivity contribution in [2.75, 3.05) is 6.54 Å². The van der Waals surface area contributed by atoms with Crippen LogP contribution < -0.4 is 11.1 Å². The van der Waals surface area contributed by atoms with E-state index in [4.69, 9.17) is 5.73 Å².